The summed E-state index contributed by atoms with van der Waals surface area (Å²) in [4.78, 5) is 48.3. The van der Waals surface area contributed by atoms with E-state index in [1.807, 2.05) is 39.0 Å². The molecule has 1 unspecified atom stereocenters. The van der Waals surface area contributed by atoms with Gasteiger partial charge in [-0.15, -0.1) is 0 Å². The molecule has 49 heavy (non-hydrogen) atoms. The number of rotatable bonds is 8. The third kappa shape index (κ3) is 8.32. The number of nitrogens with zero attached hydrogens (tertiary/aromatic N) is 2. The monoisotopic (exact) mass is 698 g/mol. The van der Waals surface area contributed by atoms with Crippen molar-refractivity contribution in [1.29, 1.82) is 0 Å². The summed E-state index contributed by atoms with van der Waals surface area (Å²) in [5.74, 6) is -0.167. The van der Waals surface area contributed by atoms with E-state index in [1.165, 1.54) is 0 Å². The molecule has 3 heterocycles. The highest BCUT2D eigenvalue weighted by molar-refractivity contribution is 6.36. The SMILES string of the molecule is CCOC(=O)[C@@]12C[C@H]1/C=C\CCC(C)C[C@@H](C)[C@H](NCOC(C)(C)C)C(=O)N1C[C@H](Oc3ncc(OC)c4c(Cl)cccc34)C[C@H]1C(=O)N2. The zero-order chi connectivity index (χ0) is 35.5. The second kappa shape index (κ2) is 15.2. The molecule has 0 spiro atoms. The van der Waals surface area contributed by atoms with Crippen LogP contribution in [0.25, 0.3) is 10.8 Å². The Balaban J connectivity index is 1.50. The number of pyridine rings is 1. The number of amides is 2. The van der Waals surface area contributed by atoms with Crippen molar-refractivity contribution in [2.75, 3.05) is 27.0 Å². The third-order valence-electron chi connectivity index (χ3n) is 9.75. The maximum Gasteiger partial charge on any atom is 0.332 e. The van der Waals surface area contributed by atoms with E-state index in [4.69, 9.17) is 30.5 Å². The third-order valence-corrected chi connectivity index (χ3v) is 10.1. The molecule has 1 aromatic carbocycles. The first-order valence-corrected chi connectivity index (χ1v) is 17.8. The summed E-state index contributed by atoms with van der Waals surface area (Å²) in [5, 5.41) is 8.21. The molecular formula is C37H51ClN4O7. The van der Waals surface area contributed by atoms with Crippen LogP contribution in [-0.4, -0.2) is 84.0 Å². The lowest BCUT2D eigenvalue weighted by molar-refractivity contribution is -0.150. The molecule has 2 fully saturated rings. The summed E-state index contributed by atoms with van der Waals surface area (Å²) >= 11 is 6.55. The van der Waals surface area contributed by atoms with Gasteiger partial charge in [-0.05, 0) is 77.3 Å². The molecule has 7 atom stereocenters. The number of methoxy groups -OCH3 is 1. The van der Waals surface area contributed by atoms with Gasteiger partial charge in [0.25, 0.3) is 0 Å². The van der Waals surface area contributed by atoms with Crippen molar-refractivity contribution in [3.63, 3.8) is 0 Å². The molecule has 1 aliphatic carbocycles. The van der Waals surface area contributed by atoms with Gasteiger partial charge < -0.3 is 29.2 Å². The van der Waals surface area contributed by atoms with Crippen molar-refractivity contribution in [3.05, 3.63) is 41.6 Å². The van der Waals surface area contributed by atoms with Gasteiger partial charge in [0.1, 0.15) is 23.4 Å². The van der Waals surface area contributed by atoms with Gasteiger partial charge in [-0.2, -0.15) is 0 Å². The molecule has 5 rings (SSSR count). The van der Waals surface area contributed by atoms with Crippen molar-refractivity contribution in [2.24, 2.45) is 17.8 Å². The van der Waals surface area contributed by atoms with E-state index in [0.717, 1.165) is 19.3 Å². The predicted molar refractivity (Wildman–Crippen MR) is 187 cm³/mol. The number of aromatic nitrogens is 1. The topological polar surface area (TPSA) is 128 Å². The average Bonchev–Trinajstić information content (AvgIpc) is 3.57. The lowest BCUT2D eigenvalue weighted by atomic mass is 9.88. The maximum absolute atomic E-state index is 14.6. The van der Waals surface area contributed by atoms with Gasteiger partial charge in [-0.1, -0.05) is 43.7 Å². The van der Waals surface area contributed by atoms with Crippen molar-refractivity contribution < 1.29 is 33.3 Å². The van der Waals surface area contributed by atoms with E-state index in [1.54, 1.807) is 31.2 Å². The smallest absolute Gasteiger partial charge is 0.332 e. The van der Waals surface area contributed by atoms with Crippen molar-refractivity contribution in [2.45, 2.75) is 103 Å². The average molecular weight is 699 g/mol. The predicted octanol–water partition coefficient (Wildman–Crippen LogP) is 5.43. The molecule has 268 valence electrons. The molecular weight excluding hydrogens is 648 g/mol. The minimum atomic E-state index is -1.17. The Morgan fingerprint density at radius 2 is 1.98 bits per heavy atom. The molecule has 0 radical (unpaired) electrons. The zero-order valence-corrected chi connectivity index (χ0v) is 30.5. The van der Waals surface area contributed by atoms with Crippen LogP contribution in [0.1, 0.15) is 73.6 Å². The Kier molecular flexibility index (Phi) is 11.5. The van der Waals surface area contributed by atoms with Gasteiger partial charge in [0.2, 0.25) is 17.7 Å². The van der Waals surface area contributed by atoms with Crippen LogP contribution in [0.3, 0.4) is 0 Å². The van der Waals surface area contributed by atoms with E-state index in [0.29, 0.717) is 39.8 Å². The Hall–Kier alpha value is -3.41. The summed E-state index contributed by atoms with van der Waals surface area (Å²) < 4.78 is 23.4. The molecule has 3 aliphatic rings. The largest absolute Gasteiger partial charge is 0.494 e. The minimum absolute atomic E-state index is 0.0579. The number of carbonyl (C=O) groups is 3. The first-order chi connectivity index (χ1) is 23.3. The summed E-state index contributed by atoms with van der Waals surface area (Å²) in [6.45, 7) is 12.4. The molecule has 2 N–H and O–H groups in total. The molecule has 2 amide bonds. The van der Waals surface area contributed by atoms with Crippen molar-refractivity contribution >= 4 is 40.2 Å². The number of carbonyl (C=O) groups excluding carboxylic acids is 3. The van der Waals surface area contributed by atoms with Crippen LogP contribution < -0.4 is 20.1 Å². The molecule has 1 aromatic heterocycles. The van der Waals surface area contributed by atoms with Crippen LogP contribution >= 0.6 is 11.6 Å². The van der Waals surface area contributed by atoms with E-state index in [9.17, 15) is 14.4 Å². The van der Waals surface area contributed by atoms with Gasteiger partial charge in [-0.3, -0.25) is 14.9 Å². The quantitative estimate of drug-likeness (QED) is 0.211. The number of halogens is 1. The summed E-state index contributed by atoms with van der Waals surface area (Å²) in [6.07, 6.45) is 8.31. The van der Waals surface area contributed by atoms with Crippen molar-refractivity contribution in [3.8, 4) is 11.6 Å². The van der Waals surface area contributed by atoms with Gasteiger partial charge in [-0.25, -0.2) is 9.78 Å². The number of hydrogen-bond acceptors (Lipinski definition) is 9. The molecule has 11 nitrogen and oxygen atoms in total. The van der Waals surface area contributed by atoms with Crippen LogP contribution in [0.5, 0.6) is 11.6 Å². The number of ether oxygens (including phenoxy) is 4. The van der Waals surface area contributed by atoms with Gasteiger partial charge in [0, 0.05) is 23.1 Å². The summed E-state index contributed by atoms with van der Waals surface area (Å²) in [7, 11) is 1.55. The van der Waals surface area contributed by atoms with Crippen molar-refractivity contribution in [1.82, 2.24) is 20.5 Å². The van der Waals surface area contributed by atoms with Crippen LogP contribution in [0.2, 0.25) is 5.02 Å². The molecule has 2 aliphatic heterocycles. The number of allylic oxidation sites excluding steroid dienone is 1. The first-order valence-electron chi connectivity index (χ1n) is 17.4. The molecule has 2 aromatic rings. The Labute approximate surface area is 294 Å². The standard InChI is InChI=1S/C37H51ClN4O7/c1-8-47-35(45)37-18-24(37)13-10-9-12-22(2)16-23(3)31(40-21-48-36(4,5)6)34(44)42-20-25(17-28(42)32(43)41-37)49-33-26-14-11-15-27(38)30(26)29(46-7)19-39-33/h10-11,13-15,19,22-25,28,31,40H,8-9,12,16-18,20-21H2,1-7H3,(H,41,43)/b13-10-/t22?,23-,24-,25-,28+,31+,37-/m1/s1. The zero-order valence-electron chi connectivity index (χ0n) is 29.7. The fraction of sp³-hybridized carbons (Fsp3) is 0.622. The van der Waals surface area contributed by atoms with E-state index in [2.05, 4.69) is 35.5 Å². The second-order valence-corrected chi connectivity index (χ2v) is 15.1. The van der Waals surface area contributed by atoms with Gasteiger partial charge in [0.05, 0.1) is 49.9 Å². The number of hydrogen-bond donors (Lipinski definition) is 2. The Bertz CT molecular complexity index is 1560. The number of nitrogens with one attached hydrogen (secondary N) is 2. The highest BCUT2D eigenvalue weighted by Crippen LogP contribution is 2.46. The number of benzene rings is 1. The second-order valence-electron chi connectivity index (χ2n) is 14.7. The van der Waals surface area contributed by atoms with Crippen LogP contribution in [0, 0.1) is 17.8 Å². The number of esters is 1. The van der Waals surface area contributed by atoms with Crippen LogP contribution in [0.15, 0.2) is 36.5 Å². The van der Waals surface area contributed by atoms with E-state index < -0.39 is 41.2 Å². The van der Waals surface area contributed by atoms with Gasteiger partial charge in [0.15, 0.2) is 0 Å². The van der Waals surface area contributed by atoms with Crippen LogP contribution in [-0.2, 0) is 23.9 Å². The summed E-state index contributed by atoms with van der Waals surface area (Å²) in [6, 6.07) is 3.90. The molecule has 12 heteroatoms. The van der Waals surface area contributed by atoms with Gasteiger partial charge >= 0.3 is 5.97 Å². The summed E-state index contributed by atoms with van der Waals surface area (Å²) in [5.41, 5.74) is -1.58. The maximum atomic E-state index is 14.6. The highest BCUT2D eigenvalue weighted by atomic mass is 35.5. The Morgan fingerprint density at radius 1 is 1.20 bits per heavy atom. The Morgan fingerprint density at radius 3 is 2.69 bits per heavy atom. The molecule has 0 bridgehead atoms. The lowest BCUT2D eigenvalue weighted by Crippen LogP contribution is -2.57. The molecule has 1 saturated heterocycles. The highest BCUT2D eigenvalue weighted by Gasteiger charge is 2.62. The minimum Gasteiger partial charge on any atom is -0.494 e. The lowest BCUT2D eigenvalue weighted by Gasteiger charge is -2.33. The molecule has 1 saturated carbocycles. The number of fused-ring (bicyclic) bond motifs is 3. The fourth-order valence-corrected chi connectivity index (χ4v) is 7.35. The van der Waals surface area contributed by atoms with E-state index >= 15 is 0 Å². The first kappa shape index (κ1) is 36.9. The van der Waals surface area contributed by atoms with Crippen LogP contribution in [0.4, 0.5) is 0 Å². The van der Waals surface area contributed by atoms with E-state index in [-0.39, 0.29) is 44.0 Å². The fourth-order valence-electron chi connectivity index (χ4n) is 7.09. The normalized spacial score (nSPS) is 30.0.